The lowest BCUT2D eigenvalue weighted by molar-refractivity contribution is 0.257. The molecule has 7 heteroatoms. The summed E-state index contributed by atoms with van der Waals surface area (Å²) < 4.78 is 21.0. The van der Waals surface area contributed by atoms with Crippen LogP contribution in [0.3, 0.4) is 0 Å². The Morgan fingerprint density at radius 2 is 1.88 bits per heavy atom. The Morgan fingerprint density at radius 3 is 1.88 bits per heavy atom. The maximum atomic E-state index is 9.47. The number of carbonyl (C=O) groups is 1. The number of nitrogens with zero attached hydrogens (tertiary/aromatic N) is 1. The fraction of sp³-hybridized carbons (Fsp3) is 0. The molecule has 0 aromatic carbocycles. The van der Waals surface area contributed by atoms with E-state index in [9.17, 15) is 13.2 Å². The Bertz CT molecular complexity index is 185. The largest absolute Gasteiger partial charge is 0.353 e. The quantitative estimate of drug-likeness (QED) is 0.397. The second-order valence-corrected chi connectivity index (χ2v) is 1.26. The van der Waals surface area contributed by atoms with Gasteiger partial charge in [-0.05, 0) is 11.0 Å². The first-order chi connectivity index (χ1) is 3.13. The van der Waals surface area contributed by atoms with E-state index in [1.165, 1.54) is 0 Å². The van der Waals surface area contributed by atoms with Gasteiger partial charge in [0.1, 0.15) is 0 Å². The molecular formula is CH6N2O3SSi. The number of nitrogens with two attached hydrogens (primary N) is 1. The molecule has 48 valence electrons. The Kier molecular flexibility index (Phi) is 5.76. The third-order valence-electron chi connectivity index (χ3n) is 0.165. The Morgan fingerprint density at radius 1 is 1.50 bits per heavy atom. The summed E-state index contributed by atoms with van der Waals surface area (Å²) in [6.07, 6.45) is 0. The topological polar surface area (TPSA) is 89.6 Å². The zero-order valence-corrected chi connectivity index (χ0v) is 3.97. The lowest BCUT2D eigenvalue weighted by Gasteiger charge is -1.64. The van der Waals surface area contributed by atoms with E-state index >= 15 is 0 Å². The van der Waals surface area contributed by atoms with Gasteiger partial charge in [0.25, 0.3) is 0 Å². The lowest BCUT2D eigenvalue weighted by Crippen LogP contribution is -2.02. The van der Waals surface area contributed by atoms with Crippen molar-refractivity contribution >= 4 is 27.5 Å². The Labute approximate surface area is 51.6 Å². The predicted octanol–water partition coefficient (Wildman–Crippen LogP) is -2.32. The van der Waals surface area contributed by atoms with E-state index in [1.54, 1.807) is 0 Å². The van der Waals surface area contributed by atoms with Crippen LogP contribution in [0.5, 0.6) is 0 Å². The molecule has 8 heavy (non-hydrogen) atoms. The number of amides is 2. The van der Waals surface area contributed by atoms with Crippen LogP contribution in [0.15, 0.2) is 4.36 Å². The minimum absolute atomic E-state index is 0. The maximum absolute atomic E-state index is 9.47. The van der Waals surface area contributed by atoms with E-state index in [1.807, 2.05) is 0 Å². The van der Waals surface area contributed by atoms with E-state index in [-0.39, 0.29) is 11.0 Å². The van der Waals surface area contributed by atoms with Gasteiger partial charge in [-0.1, -0.05) is 4.36 Å². The average Bonchev–Trinajstić information content (AvgIpc) is 1.27. The summed E-state index contributed by atoms with van der Waals surface area (Å²) >= 11 is 0. The molecule has 0 aliphatic heterocycles. The second-order valence-electron chi connectivity index (χ2n) is 0.647. The smallest absolute Gasteiger partial charge is 0.349 e. The number of primary amides is 1. The molecule has 0 aromatic rings. The molecule has 5 nitrogen and oxygen atoms in total. The van der Waals surface area contributed by atoms with Crippen molar-refractivity contribution in [3.63, 3.8) is 0 Å². The number of hydrogen-bond acceptors (Lipinski definition) is 3. The minimum Gasteiger partial charge on any atom is -0.349 e. The van der Waals surface area contributed by atoms with Gasteiger partial charge in [0.05, 0.1) is 0 Å². The summed E-state index contributed by atoms with van der Waals surface area (Å²) in [4.78, 5) is 9.47. The molecule has 0 aliphatic rings. The SMILES string of the molecule is NC(=O)N=S(=O)=O.[SiH4]. The first-order valence-electron chi connectivity index (χ1n) is 1.23. The normalized spacial score (nSPS) is 6.50. The van der Waals surface area contributed by atoms with E-state index in [2.05, 4.69) is 10.1 Å². The van der Waals surface area contributed by atoms with Crippen molar-refractivity contribution in [2.24, 2.45) is 10.1 Å². The van der Waals surface area contributed by atoms with Gasteiger partial charge in [0.2, 0.25) is 0 Å². The van der Waals surface area contributed by atoms with Crippen molar-refractivity contribution in [2.45, 2.75) is 0 Å². The minimum atomic E-state index is -2.70. The van der Waals surface area contributed by atoms with Crippen LogP contribution in [0.2, 0.25) is 0 Å². The van der Waals surface area contributed by atoms with Crippen LogP contribution in [0.1, 0.15) is 0 Å². The first kappa shape index (κ1) is 10.3. The zero-order valence-electron chi connectivity index (χ0n) is 3.16. The molecule has 0 fully saturated rings. The third-order valence-corrected chi connectivity index (χ3v) is 0.494. The molecule has 0 heterocycles. The van der Waals surface area contributed by atoms with Gasteiger partial charge in [-0.3, -0.25) is 0 Å². The fourth-order valence-electron chi connectivity index (χ4n) is 0.0735. The standard InChI is InChI=1S/CH2N2O3S.H4Si/c2-1(4)3-7(5)6;/h(H2,2,4);1H4. The summed E-state index contributed by atoms with van der Waals surface area (Å²) in [5, 5.41) is 0. The van der Waals surface area contributed by atoms with Crippen LogP contribution < -0.4 is 5.73 Å². The van der Waals surface area contributed by atoms with E-state index in [0.717, 1.165) is 0 Å². The highest BCUT2D eigenvalue weighted by atomic mass is 32.2. The number of rotatable bonds is 0. The summed E-state index contributed by atoms with van der Waals surface area (Å²) in [5.74, 6) is 0. The van der Waals surface area contributed by atoms with Gasteiger partial charge in [-0.2, -0.15) is 8.42 Å². The Balaban J connectivity index is 0. The molecule has 0 rings (SSSR count). The molecule has 0 bridgehead atoms. The highest BCUT2D eigenvalue weighted by Crippen LogP contribution is 1.60. The third kappa shape index (κ3) is 9.00. The van der Waals surface area contributed by atoms with Gasteiger partial charge in [0, 0.05) is 0 Å². The number of carbonyl (C=O) groups excluding carboxylic acids is 1. The van der Waals surface area contributed by atoms with E-state index in [0.29, 0.717) is 0 Å². The molecule has 0 unspecified atom stereocenters. The van der Waals surface area contributed by atoms with Crippen molar-refractivity contribution < 1.29 is 13.2 Å². The predicted molar refractivity (Wildman–Crippen MR) is 32.3 cm³/mol. The van der Waals surface area contributed by atoms with Crippen molar-refractivity contribution in [3.05, 3.63) is 0 Å². The van der Waals surface area contributed by atoms with Crippen LogP contribution in [-0.2, 0) is 10.5 Å². The van der Waals surface area contributed by atoms with Gasteiger partial charge < -0.3 is 5.73 Å². The molecule has 0 radical (unpaired) electrons. The maximum Gasteiger partial charge on any atom is 0.353 e. The van der Waals surface area contributed by atoms with Gasteiger partial charge in [-0.25, -0.2) is 4.79 Å². The molecule has 2 amide bonds. The van der Waals surface area contributed by atoms with Crippen molar-refractivity contribution in [1.82, 2.24) is 0 Å². The molecule has 0 spiro atoms. The zero-order chi connectivity index (χ0) is 5.86. The monoisotopic (exact) mass is 154 g/mol. The van der Waals surface area contributed by atoms with E-state index < -0.39 is 16.5 Å². The van der Waals surface area contributed by atoms with Crippen LogP contribution in [0, 0.1) is 0 Å². The van der Waals surface area contributed by atoms with Crippen LogP contribution in [0.4, 0.5) is 4.79 Å². The second kappa shape index (κ2) is 4.47. The summed E-state index contributed by atoms with van der Waals surface area (Å²) in [7, 11) is -2.70. The average molecular weight is 154 g/mol. The molecule has 0 aliphatic carbocycles. The van der Waals surface area contributed by atoms with Crippen LogP contribution >= 0.6 is 0 Å². The summed E-state index contributed by atoms with van der Waals surface area (Å²) in [5.41, 5.74) is 4.29. The van der Waals surface area contributed by atoms with Crippen molar-refractivity contribution in [1.29, 1.82) is 0 Å². The first-order valence-corrected chi connectivity index (χ1v) is 2.26. The fourth-order valence-corrected chi connectivity index (χ4v) is 0.220. The Hall–Kier alpha value is -0.693. The molecule has 0 aromatic heterocycles. The molecule has 0 saturated carbocycles. The molecular weight excluding hydrogens is 148 g/mol. The van der Waals surface area contributed by atoms with Gasteiger partial charge in [-0.15, -0.1) is 0 Å². The summed E-state index contributed by atoms with van der Waals surface area (Å²) in [6.45, 7) is 0. The lowest BCUT2D eigenvalue weighted by atomic mass is 11.2. The van der Waals surface area contributed by atoms with Crippen molar-refractivity contribution in [3.8, 4) is 0 Å². The molecule has 0 atom stereocenters. The van der Waals surface area contributed by atoms with Gasteiger partial charge in [0.15, 0.2) is 0 Å². The number of hydrogen-bond donors (Lipinski definition) is 1. The van der Waals surface area contributed by atoms with E-state index in [4.69, 9.17) is 0 Å². The van der Waals surface area contributed by atoms with Crippen LogP contribution in [-0.4, -0.2) is 25.4 Å². The van der Waals surface area contributed by atoms with Crippen LogP contribution in [0.25, 0.3) is 0 Å². The van der Waals surface area contributed by atoms with Gasteiger partial charge >= 0.3 is 16.5 Å². The summed E-state index contributed by atoms with van der Waals surface area (Å²) in [6, 6.07) is -1.20. The molecule has 2 N–H and O–H groups in total. The highest BCUT2D eigenvalue weighted by Gasteiger charge is 1.80. The highest BCUT2D eigenvalue weighted by molar-refractivity contribution is 7.62. The number of urea groups is 1. The van der Waals surface area contributed by atoms with Crippen molar-refractivity contribution in [2.75, 3.05) is 0 Å². The molecule has 0 saturated heterocycles.